The molecule has 0 atom stereocenters. The van der Waals surface area contributed by atoms with Crippen LogP contribution in [0.2, 0.25) is 0 Å². The minimum Gasteiger partial charge on any atom is -0.328 e. The van der Waals surface area contributed by atoms with E-state index in [4.69, 9.17) is 12.2 Å². The Morgan fingerprint density at radius 3 is 2.52 bits per heavy atom. The van der Waals surface area contributed by atoms with E-state index < -0.39 is 0 Å². The van der Waals surface area contributed by atoms with E-state index in [2.05, 4.69) is 82.8 Å². The molecule has 1 amide bonds. The molecule has 0 saturated carbocycles. The molecule has 1 aromatic carbocycles. The summed E-state index contributed by atoms with van der Waals surface area (Å²) in [7, 11) is 0. The number of hydrogen-bond acceptors (Lipinski definition) is 2. The molecule has 6 heteroatoms. The summed E-state index contributed by atoms with van der Waals surface area (Å²) in [6.07, 6.45) is 1.84. The number of benzene rings is 1. The Labute approximate surface area is 154 Å². The number of nitrogens with zero attached hydrogens (tertiary/aromatic N) is 1. The molecule has 3 rings (SSSR count). The lowest BCUT2D eigenvalue weighted by atomic mass is 10.2. The lowest BCUT2D eigenvalue weighted by Crippen LogP contribution is -2.21. The van der Waals surface area contributed by atoms with Crippen molar-refractivity contribution < 1.29 is 4.79 Å². The van der Waals surface area contributed by atoms with E-state index in [9.17, 15) is 4.79 Å². The molecule has 118 valence electrons. The van der Waals surface area contributed by atoms with Crippen LogP contribution in [-0.4, -0.2) is 15.6 Å². The number of amides is 1. The van der Waals surface area contributed by atoms with Crippen molar-refractivity contribution in [3.63, 3.8) is 0 Å². The quantitative estimate of drug-likeness (QED) is 0.431. The van der Waals surface area contributed by atoms with E-state index in [0.717, 1.165) is 22.6 Å². The van der Waals surface area contributed by atoms with E-state index in [1.165, 1.54) is 9.13 Å². The van der Waals surface area contributed by atoms with E-state index >= 15 is 0 Å². The number of aryl methyl sites for hydroxylation is 2. The second-order valence-corrected chi connectivity index (χ2v) is 7.13. The van der Waals surface area contributed by atoms with Crippen molar-refractivity contribution in [2.24, 2.45) is 0 Å². The molecule has 1 aliphatic rings. The normalized spacial score (nSPS) is 15.9. The molecule has 0 radical (unpaired) electrons. The van der Waals surface area contributed by atoms with Gasteiger partial charge in [-0.1, -0.05) is 0 Å². The number of nitrogens with one attached hydrogen (secondary N) is 2. The van der Waals surface area contributed by atoms with Crippen molar-refractivity contribution in [1.29, 1.82) is 0 Å². The third-order valence-electron chi connectivity index (χ3n) is 3.89. The predicted octanol–water partition coefficient (Wildman–Crippen LogP) is 3.35. The molecule has 2 N–H and O–H groups in total. The van der Waals surface area contributed by atoms with Gasteiger partial charge in [-0.05, 0) is 97.0 Å². The first kappa shape index (κ1) is 16.2. The summed E-state index contributed by atoms with van der Waals surface area (Å²) in [6.45, 7) is 6.23. The van der Waals surface area contributed by atoms with Crippen LogP contribution in [-0.2, 0) is 4.79 Å². The maximum Gasteiger partial charge on any atom is 0.273 e. The fourth-order valence-electron chi connectivity index (χ4n) is 2.74. The first-order valence-corrected chi connectivity index (χ1v) is 8.65. The van der Waals surface area contributed by atoms with Gasteiger partial charge in [0.1, 0.15) is 5.70 Å². The Balaban J connectivity index is 2.06. The van der Waals surface area contributed by atoms with E-state index in [1.54, 1.807) is 0 Å². The maximum absolute atomic E-state index is 11.8. The van der Waals surface area contributed by atoms with Crippen LogP contribution in [0.4, 0.5) is 0 Å². The highest BCUT2D eigenvalue weighted by Crippen LogP contribution is 2.25. The van der Waals surface area contributed by atoms with Crippen molar-refractivity contribution in [3.05, 3.63) is 56.0 Å². The number of carbonyl (C=O) groups is 1. The molecule has 1 fully saturated rings. The molecule has 4 nitrogen and oxygen atoms in total. The highest BCUT2D eigenvalue weighted by atomic mass is 127. The van der Waals surface area contributed by atoms with Gasteiger partial charge in [0, 0.05) is 20.6 Å². The van der Waals surface area contributed by atoms with E-state index in [0.29, 0.717) is 10.8 Å². The van der Waals surface area contributed by atoms with Gasteiger partial charge >= 0.3 is 0 Å². The van der Waals surface area contributed by atoms with Crippen molar-refractivity contribution in [2.75, 3.05) is 0 Å². The molecule has 1 aliphatic heterocycles. The van der Waals surface area contributed by atoms with Gasteiger partial charge in [0.25, 0.3) is 5.91 Å². The van der Waals surface area contributed by atoms with Gasteiger partial charge in [0.05, 0.1) is 0 Å². The summed E-state index contributed by atoms with van der Waals surface area (Å²) in [6, 6.07) is 8.48. The fourth-order valence-corrected chi connectivity index (χ4v) is 3.28. The van der Waals surface area contributed by atoms with Crippen molar-refractivity contribution in [1.82, 2.24) is 15.2 Å². The Hall–Kier alpha value is -1.67. The molecular weight excluding hydrogens is 421 g/mol. The third-order valence-corrected chi connectivity index (χ3v) is 5.30. The van der Waals surface area contributed by atoms with Crippen LogP contribution >= 0.6 is 34.8 Å². The number of hydrogen-bond donors (Lipinski definition) is 2. The first-order valence-electron chi connectivity index (χ1n) is 7.16. The van der Waals surface area contributed by atoms with E-state index in [-0.39, 0.29) is 5.91 Å². The summed E-state index contributed by atoms with van der Waals surface area (Å²) in [5, 5.41) is 5.82. The minimum absolute atomic E-state index is 0.190. The molecule has 1 saturated heterocycles. The second kappa shape index (κ2) is 6.09. The molecule has 0 aliphatic carbocycles. The molecule has 0 bridgehead atoms. The fraction of sp³-hybridized carbons (Fsp3) is 0.176. The van der Waals surface area contributed by atoms with Gasteiger partial charge in [-0.2, -0.15) is 0 Å². The summed E-state index contributed by atoms with van der Waals surface area (Å²) in [5.41, 5.74) is 6.06. The summed E-state index contributed by atoms with van der Waals surface area (Å²) < 4.78 is 3.44. The third kappa shape index (κ3) is 3.05. The summed E-state index contributed by atoms with van der Waals surface area (Å²) in [5.74, 6) is -0.190. The molecule has 2 aromatic rings. The van der Waals surface area contributed by atoms with Crippen LogP contribution in [0.5, 0.6) is 0 Å². The van der Waals surface area contributed by atoms with Crippen LogP contribution in [0, 0.1) is 24.3 Å². The monoisotopic (exact) mass is 437 g/mol. The van der Waals surface area contributed by atoms with Gasteiger partial charge < -0.3 is 9.88 Å². The molecular formula is C17H16IN3OS. The number of aromatic nitrogens is 1. The minimum atomic E-state index is -0.190. The number of halogens is 1. The summed E-state index contributed by atoms with van der Waals surface area (Å²) in [4.78, 5) is 11.8. The Kier molecular flexibility index (Phi) is 4.29. The molecule has 1 aromatic heterocycles. The van der Waals surface area contributed by atoms with Gasteiger partial charge in [-0.25, -0.2) is 0 Å². The van der Waals surface area contributed by atoms with Gasteiger partial charge in [-0.3, -0.25) is 10.1 Å². The standard InChI is InChI=1S/C17H16IN3OS/c1-9-6-13(4-5-14(9)18)21-10(2)7-12(11(21)3)8-15-16(22)20-17(23)19-15/h4-8H,1-3H3,(H2,19,20,22,23)/b15-8+. The maximum atomic E-state index is 11.8. The second-order valence-electron chi connectivity index (χ2n) is 5.56. The highest BCUT2D eigenvalue weighted by molar-refractivity contribution is 14.1. The van der Waals surface area contributed by atoms with Crippen molar-refractivity contribution in [2.45, 2.75) is 20.8 Å². The van der Waals surface area contributed by atoms with Crippen LogP contribution in [0.1, 0.15) is 22.5 Å². The van der Waals surface area contributed by atoms with Crippen LogP contribution < -0.4 is 10.6 Å². The van der Waals surface area contributed by atoms with Gasteiger partial charge in [-0.15, -0.1) is 0 Å². The predicted molar refractivity (Wildman–Crippen MR) is 105 cm³/mol. The Bertz CT molecular complexity index is 867. The zero-order valence-electron chi connectivity index (χ0n) is 13.0. The van der Waals surface area contributed by atoms with Crippen LogP contribution in [0.3, 0.4) is 0 Å². The van der Waals surface area contributed by atoms with Gasteiger partial charge in [0.15, 0.2) is 5.11 Å². The SMILES string of the molecule is Cc1cc(-n2c(C)cc(/C=C3/NC(=S)NC3=O)c2C)ccc1I. The number of rotatable bonds is 2. The largest absolute Gasteiger partial charge is 0.328 e. The Morgan fingerprint density at radius 1 is 1.17 bits per heavy atom. The molecule has 23 heavy (non-hydrogen) atoms. The van der Waals surface area contributed by atoms with Gasteiger partial charge in [0.2, 0.25) is 0 Å². The number of thiocarbonyl (C=S) groups is 1. The average Bonchev–Trinajstić information content (AvgIpc) is 2.93. The number of carbonyl (C=O) groups excluding carboxylic acids is 1. The van der Waals surface area contributed by atoms with Crippen LogP contribution in [0.25, 0.3) is 11.8 Å². The molecule has 0 unspecified atom stereocenters. The zero-order valence-corrected chi connectivity index (χ0v) is 16.0. The topological polar surface area (TPSA) is 46.1 Å². The highest BCUT2D eigenvalue weighted by Gasteiger charge is 2.21. The lowest BCUT2D eigenvalue weighted by molar-refractivity contribution is -0.115. The molecule has 2 heterocycles. The average molecular weight is 437 g/mol. The van der Waals surface area contributed by atoms with Crippen molar-refractivity contribution in [3.8, 4) is 5.69 Å². The van der Waals surface area contributed by atoms with Crippen molar-refractivity contribution >= 4 is 51.9 Å². The van der Waals surface area contributed by atoms with E-state index in [1.807, 2.05) is 6.08 Å². The first-order chi connectivity index (χ1) is 10.9. The Morgan fingerprint density at radius 2 is 1.91 bits per heavy atom. The lowest BCUT2D eigenvalue weighted by Gasteiger charge is -2.11. The zero-order chi connectivity index (χ0) is 16.7. The van der Waals surface area contributed by atoms with Crippen LogP contribution in [0.15, 0.2) is 30.0 Å². The smallest absolute Gasteiger partial charge is 0.273 e. The molecule has 0 spiro atoms. The summed E-state index contributed by atoms with van der Waals surface area (Å²) >= 11 is 7.30.